The van der Waals surface area contributed by atoms with Crippen LogP contribution in [0.15, 0.2) is 35.3 Å². The second kappa shape index (κ2) is 7.95. The summed E-state index contributed by atoms with van der Waals surface area (Å²) in [4.78, 5) is 38.6. The summed E-state index contributed by atoms with van der Waals surface area (Å²) in [7, 11) is 1.57. The number of carbonyl (C=O) groups excluding carboxylic acids is 2. The summed E-state index contributed by atoms with van der Waals surface area (Å²) in [5, 5.41) is 4.53. The van der Waals surface area contributed by atoms with Crippen LogP contribution >= 0.6 is 11.3 Å². The molecule has 2 aromatic heterocycles. The molecular weight excluding hydrogens is 402 g/mol. The zero-order valence-electron chi connectivity index (χ0n) is 16.9. The van der Waals surface area contributed by atoms with E-state index in [-0.39, 0.29) is 18.0 Å². The number of aromatic nitrogens is 1. The number of carbonyl (C=O) groups is 2. The third-order valence-electron chi connectivity index (χ3n) is 5.51. The Morgan fingerprint density at radius 1 is 1.33 bits per heavy atom. The lowest BCUT2D eigenvalue weighted by molar-refractivity contribution is -0.116. The average Bonchev–Trinajstić information content (AvgIpc) is 3.06. The smallest absolute Gasteiger partial charge is 0.258 e. The van der Waals surface area contributed by atoms with Crippen molar-refractivity contribution in [1.82, 2.24) is 4.57 Å². The van der Waals surface area contributed by atoms with Gasteiger partial charge in [-0.05, 0) is 60.4 Å². The molecule has 1 unspecified atom stereocenters. The highest BCUT2D eigenvalue weighted by Gasteiger charge is 2.27. The van der Waals surface area contributed by atoms with E-state index in [0.29, 0.717) is 27.6 Å². The number of primary amides is 1. The molecule has 4 rings (SSSR count). The summed E-state index contributed by atoms with van der Waals surface area (Å²) in [5.74, 6) is 0.288. The van der Waals surface area contributed by atoms with Gasteiger partial charge in [0.05, 0.1) is 12.7 Å². The second-order valence-electron chi connectivity index (χ2n) is 7.67. The van der Waals surface area contributed by atoms with Gasteiger partial charge in [0.2, 0.25) is 5.91 Å². The molecule has 156 valence electrons. The number of benzene rings is 1. The van der Waals surface area contributed by atoms with Gasteiger partial charge < -0.3 is 20.4 Å². The van der Waals surface area contributed by atoms with E-state index in [1.54, 1.807) is 37.6 Å². The highest BCUT2D eigenvalue weighted by molar-refractivity contribution is 7.17. The van der Waals surface area contributed by atoms with Crippen molar-refractivity contribution in [2.45, 2.75) is 32.7 Å². The van der Waals surface area contributed by atoms with E-state index in [0.717, 1.165) is 35.1 Å². The molecule has 1 atom stereocenters. The van der Waals surface area contributed by atoms with Gasteiger partial charge in [-0.25, -0.2) is 0 Å². The number of methoxy groups -OCH3 is 1. The molecule has 0 bridgehead atoms. The maximum atomic E-state index is 12.8. The van der Waals surface area contributed by atoms with Crippen LogP contribution in [-0.2, 0) is 24.2 Å². The van der Waals surface area contributed by atoms with Gasteiger partial charge in [-0.2, -0.15) is 0 Å². The predicted octanol–water partition coefficient (Wildman–Crippen LogP) is 2.93. The van der Waals surface area contributed by atoms with Crippen LogP contribution in [-0.4, -0.2) is 23.5 Å². The number of hydrogen-bond donors (Lipinski definition) is 2. The first kappa shape index (κ1) is 20.2. The number of rotatable bonds is 5. The Hall–Kier alpha value is -3.13. The summed E-state index contributed by atoms with van der Waals surface area (Å²) >= 11 is 1.41. The Kier molecular flexibility index (Phi) is 5.34. The van der Waals surface area contributed by atoms with Crippen molar-refractivity contribution in [1.29, 1.82) is 0 Å². The number of pyridine rings is 1. The van der Waals surface area contributed by atoms with Gasteiger partial charge >= 0.3 is 0 Å². The normalized spacial score (nSPS) is 15.6. The Balaban J connectivity index is 1.59. The fraction of sp³-hybridized carbons (Fsp3) is 0.318. The third-order valence-corrected chi connectivity index (χ3v) is 6.68. The Bertz CT molecular complexity index is 1210. The van der Waals surface area contributed by atoms with Gasteiger partial charge in [0.15, 0.2) is 0 Å². The largest absolute Gasteiger partial charge is 0.497 e. The molecule has 0 saturated carbocycles. The summed E-state index contributed by atoms with van der Waals surface area (Å²) in [6.45, 7) is 2.02. The third kappa shape index (κ3) is 3.70. The van der Waals surface area contributed by atoms with Crippen molar-refractivity contribution < 1.29 is 14.3 Å². The minimum absolute atomic E-state index is 0.155. The first-order chi connectivity index (χ1) is 14.4. The molecule has 0 radical (unpaired) electrons. The standard InChI is InChI=1S/C22H23N3O4S/c1-12-3-5-16-17(9-12)30-21(19(16)20(23)27)24-18(26)11-25-8-7-13-10-14(29-2)4-6-15(13)22(25)28/h4,6-8,10,12H,3,5,9,11H2,1-2H3,(H2,23,27)(H,24,26). The zero-order valence-corrected chi connectivity index (χ0v) is 17.7. The van der Waals surface area contributed by atoms with Crippen molar-refractivity contribution in [2.75, 3.05) is 12.4 Å². The SMILES string of the molecule is COc1ccc2c(=O)n(CC(=O)Nc3sc4c(c3C(N)=O)CCC(C)C4)ccc2c1. The van der Waals surface area contributed by atoms with E-state index < -0.39 is 5.91 Å². The van der Waals surface area contributed by atoms with E-state index in [1.165, 1.54) is 15.9 Å². The lowest BCUT2D eigenvalue weighted by Gasteiger charge is -2.18. The Morgan fingerprint density at radius 3 is 2.87 bits per heavy atom. The van der Waals surface area contributed by atoms with Crippen molar-refractivity contribution in [3.05, 3.63) is 56.8 Å². The van der Waals surface area contributed by atoms with Crippen LogP contribution in [0.4, 0.5) is 5.00 Å². The number of thiophene rings is 1. The molecular formula is C22H23N3O4S. The fourth-order valence-electron chi connectivity index (χ4n) is 3.94. The first-order valence-corrected chi connectivity index (χ1v) is 10.6. The first-order valence-electron chi connectivity index (χ1n) is 9.78. The molecule has 0 saturated heterocycles. The van der Waals surface area contributed by atoms with Gasteiger partial charge in [-0.1, -0.05) is 6.92 Å². The van der Waals surface area contributed by atoms with Crippen LogP contribution in [0.2, 0.25) is 0 Å². The van der Waals surface area contributed by atoms with Crippen molar-refractivity contribution in [3.63, 3.8) is 0 Å². The number of fused-ring (bicyclic) bond motifs is 2. The molecule has 0 fully saturated rings. The Morgan fingerprint density at radius 2 is 2.13 bits per heavy atom. The number of nitrogens with zero attached hydrogens (tertiary/aromatic N) is 1. The quantitative estimate of drug-likeness (QED) is 0.656. The number of nitrogens with two attached hydrogens (primary N) is 1. The molecule has 0 aliphatic heterocycles. The van der Waals surface area contributed by atoms with Crippen LogP contribution in [0.5, 0.6) is 5.75 Å². The van der Waals surface area contributed by atoms with Crippen molar-refractivity contribution in [2.24, 2.45) is 11.7 Å². The van der Waals surface area contributed by atoms with Crippen LogP contribution in [0, 0.1) is 5.92 Å². The van der Waals surface area contributed by atoms with Crippen LogP contribution in [0.1, 0.15) is 34.1 Å². The molecule has 1 aliphatic carbocycles. The summed E-state index contributed by atoms with van der Waals surface area (Å²) in [5.41, 5.74) is 6.71. The van der Waals surface area contributed by atoms with Crippen LogP contribution in [0.25, 0.3) is 10.8 Å². The highest BCUT2D eigenvalue weighted by Crippen LogP contribution is 2.39. The molecule has 8 heteroatoms. The van der Waals surface area contributed by atoms with E-state index in [2.05, 4.69) is 12.2 Å². The monoisotopic (exact) mass is 425 g/mol. The van der Waals surface area contributed by atoms with Crippen LogP contribution in [0.3, 0.4) is 0 Å². The topological polar surface area (TPSA) is 103 Å². The minimum Gasteiger partial charge on any atom is -0.497 e. The number of hydrogen-bond acceptors (Lipinski definition) is 5. The highest BCUT2D eigenvalue weighted by atomic mass is 32.1. The molecule has 7 nitrogen and oxygen atoms in total. The van der Waals surface area contributed by atoms with Gasteiger partial charge in [0.1, 0.15) is 17.3 Å². The van der Waals surface area contributed by atoms with Gasteiger partial charge in [0.25, 0.3) is 11.5 Å². The lowest BCUT2D eigenvalue weighted by Crippen LogP contribution is -2.27. The lowest BCUT2D eigenvalue weighted by atomic mass is 9.88. The second-order valence-corrected chi connectivity index (χ2v) is 8.78. The maximum Gasteiger partial charge on any atom is 0.258 e. The van der Waals surface area contributed by atoms with Gasteiger partial charge in [0, 0.05) is 16.5 Å². The Labute approximate surface area is 177 Å². The number of ether oxygens (including phenoxy) is 1. The summed E-state index contributed by atoms with van der Waals surface area (Å²) in [6, 6.07) is 6.94. The van der Waals surface area contributed by atoms with E-state index >= 15 is 0 Å². The molecule has 2 amide bonds. The van der Waals surface area contributed by atoms with Gasteiger partial charge in [-0.3, -0.25) is 14.4 Å². The maximum absolute atomic E-state index is 12.8. The molecule has 30 heavy (non-hydrogen) atoms. The van der Waals surface area contributed by atoms with Crippen molar-refractivity contribution in [3.8, 4) is 5.75 Å². The number of amides is 2. The molecule has 1 aliphatic rings. The van der Waals surface area contributed by atoms with E-state index in [1.807, 2.05) is 0 Å². The zero-order chi connectivity index (χ0) is 21.4. The summed E-state index contributed by atoms with van der Waals surface area (Å²) < 4.78 is 6.54. The van der Waals surface area contributed by atoms with Crippen molar-refractivity contribution >= 4 is 38.9 Å². The fourth-order valence-corrected chi connectivity index (χ4v) is 5.37. The number of anilines is 1. The summed E-state index contributed by atoms with van der Waals surface area (Å²) in [6.07, 6.45) is 4.24. The minimum atomic E-state index is -0.533. The average molecular weight is 426 g/mol. The molecule has 2 heterocycles. The molecule has 3 N–H and O–H groups in total. The van der Waals surface area contributed by atoms with Crippen LogP contribution < -0.4 is 21.3 Å². The predicted molar refractivity (Wildman–Crippen MR) is 117 cm³/mol. The molecule has 0 spiro atoms. The van der Waals surface area contributed by atoms with E-state index in [4.69, 9.17) is 10.5 Å². The molecule has 1 aromatic carbocycles. The number of nitrogens with one attached hydrogen (secondary N) is 1. The molecule has 3 aromatic rings. The van der Waals surface area contributed by atoms with E-state index in [9.17, 15) is 14.4 Å². The van der Waals surface area contributed by atoms with Gasteiger partial charge in [-0.15, -0.1) is 11.3 Å².